The number of halogens is 2. The lowest BCUT2D eigenvalue weighted by Crippen LogP contribution is -2.35. The molecule has 1 saturated heterocycles. The van der Waals surface area contributed by atoms with Crippen molar-refractivity contribution in [2.45, 2.75) is 25.7 Å². The molecule has 2 heterocycles. The van der Waals surface area contributed by atoms with Gasteiger partial charge in [-0.15, -0.1) is 0 Å². The van der Waals surface area contributed by atoms with Crippen molar-refractivity contribution < 1.29 is 4.39 Å². The first-order valence-electron chi connectivity index (χ1n) is 6.59. The largest absolute Gasteiger partial charge is 0.341 e. The van der Waals surface area contributed by atoms with E-state index in [0.717, 1.165) is 36.4 Å². The molecular formula is C14H17BrFN3. The molecule has 1 atom stereocenters. The van der Waals surface area contributed by atoms with Crippen molar-refractivity contribution >= 4 is 27.0 Å². The smallest absolute Gasteiger partial charge is 0.139 e. The van der Waals surface area contributed by atoms with E-state index in [9.17, 15) is 4.39 Å². The fourth-order valence-electron chi connectivity index (χ4n) is 2.92. The molecule has 0 amide bonds. The van der Waals surface area contributed by atoms with E-state index in [2.05, 4.69) is 40.1 Å². The molecule has 0 bridgehead atoms. The summed E-state index contributed by atoms with van der Waals surface area (Å²) in [5, 5.41) is 3.42. The van der Waals surface area contributed by atoms with Crippen molar-refractivity contribution in [1.29, 1.82) is 0 Å². The van der Waals surface area contributed by atoms with E-state index in [1.807, 2.05) is 0 Å². The number of rotatable bonds is 2. The monoisotopic (exact) mass is 325 g/mol. The quantitative estimate of drug-likeness (QED) is 0.889. The number of aromatic amines is 1. The third-order valence-electron chi connectivity index (χ3n) is 4.29. The zero-order chi connectivity index (χ0) is 13.6. The van der Waals surface area contributed by atoms with Crippen molar-refractivity contribution in [3.63, 3.8) is 0 Å². The molecule has 0 aliphatic carbocycles. The van der Waals surface area contributed by atoms with Gasteiger partial charge in [-0.2, -0.15) is 0 Å². The summed E-state index contributed by atoms with van der Waals surface area (Å²) < 4.78 is 14.0. The molecular weight excluding hydrogens is 309 g/mol. The minimum atomic E-state index is -0.258. The van der Waals surface area contributed by atoms with Crippen LogP contribution in [0.2, 0.25) is 0 Å². The number of hydrogen-bond donors (Lipinski definition) is 2. The maximum atomic E-state index is 13.6. The minimum Gasteiger partial charge on any atom is -0.341 e. The third kappa shape index (κ3) is 1.99. The van der Waals surface area contributed by atoms with Gasteiger partial charge in [0, 0.05) is 18.0 Å². The van der Waals surface area contributed by atoms with Crippen LogP contribution in [-0.4, -0.2) is 23.1 Å². The van der Waals surface area contributed by atoms with Gasteiger partial charge in [-0.25, -0.2) is 9.37 Å². The Kier molecular flexibility index (Phi) is 3.14. The van der Waals surface area contributed by atoms with E-state index < -0.39 is 0 Å². The van der Waals surface area contributed by atoms with Gasteiger partial charge in [0.25, 0.3) is 0 Å². The van der Waals surface area contributed by atoms with Crippen LogP contribution < -0.4 is 5.32 Å². The van der Waals surface area contributed by atoms with E-state index in [4.69, 9.17) is 4.98 Å². The van der Waals surface area contributed by atoms with Gasteiger partial charge in [-0.3, -0.25) is 0 Å². The zero-order valence-electron chi connectivity index (χ0n) is 11.1. The number of hydrogen-bond acceptors (Lipinski definition) is 2. The van der Waals surface area contributed by atoms with Crippen molar-refractivity contribution in [1.82, 2.24) is 15.3 Å². The Hall–Kier alpha value is -0.940. The van der Waals surface area contributed by atoms with Gasteiger partial charge in [0.05, 0.1) is 15.5 Å². The number of imidazole rings is 1. The van der Waals surface area contributed by atoms with Gasteiger partial charge < -0.3 is 10.3 Å². The summed E-state index contributed by atoms with van der Waals surface area (Å²) in [5.74, 6) is 1.20. The van der Waals surface area contributed by atoms with Crippen LogP contribution in [0.3, 0.4) is 0 Å². The molecule has 0 radical (unpaired) electrons. The topological polar surface area (TPSA) is 40.7 Å². The zero-order valence-corrected chi connectivity index (χ0v) is 12.6. The Morgan fingerprint density at radius 1 is 1.42 bits per heavy atom. The molecule has 102 valence electrons. The highest BCUT2D eigenvalue weighted by Gasteiger charge is 2.41. The molecule has 2 aromatic rings. The lowest BCUT2D eigenvalue weighted by atomic mass is 9.76. The Morgan fingerprint density at radius 3 is 2.84 bits per heavy atom. The number of aromatic nitrogens is 2. The molecule has 3 nitrogen and oxygen atoms in total. The first-order chi connectivity index (χ1) is 9.03. The Morgan fingerprint density at radius 2 is 2.21 bits per heavy atom. The van der Waals surface area contributed by atoms with Gasteiger partial charge in [0.15, 0.2) is 0 Å². The van der Waals surface area contributed by atoms with Crippen LogP contribution in [0.1, 0.15) is 26.1 Å². The first kappa shape index (κ1) is 13.1. The van der Waals surface area contributed by atoms with Crippen molar-refractivity contribution in [2.24, 2.45) is 5.92 Å². The van der Waals surface area contributed by atoms with Crippen LogP contribution in [-0.2, 0) is 5.41 Å². The molecule has 1 fully saturated rings. The van der Waals surface area contributed by atoms with E-state index in [0.29, 0.717) is 10.4 Å². The maximum absolute atomic E-state index is 13.6. The van der Waals surface area contributed by atoms with Gasteiger partial charge in [-0.1, -0.05) is 13.8 Å². The van der Waals surface area contributed by atoms with E-state index in [1.165, 1.54) is 6.07 Å². The predicted octanol–water partition coefficient (Wildman–Crippen LogP) is 3.35. The van der Waals surface area contributed by atoms with Crippen LogP contribution in [0.15, 0.2) is 16.6 Å². The van der Waals surface area contributed by atoms with Gasteiger partial charge >= 0.3 is 0 Å². The molecule has 0 spiro atoms. The molecule has 19 heavy (non-hydrogen) atoms. The van der Waals surface area contributed by atoms with E-state index in [-0.39, 0.29) is 11.2 Å². The van der Waals surface area contributed by atoms with Crippen LogP contribution in [0.25, 0.3) is 11.0 Å². The highest BCUT2D eigenvalue weighted by molar-refractivity contribution is 9.10. The van der Waals surface area contributed by atoms with Gasteiger partial charge in [-0.05, 0) is 40.9 Å². The lowest BCUT2D eigenvalue weighted by Gasteiger charge is -2.30. The standard InChI is InChI=1S/C14H17BrFN3/c1-8(2)14(3-4-17-7-14)13-18-11-5-9(15)10(16)6-12(11)19-13/h5-6,8,17H,3-4,7H2,1-2H3,(H,18,19). The SMILES string of the molecule is CC(C)C1(c2nc3cc(Br)c(F)cc3[nH]2)CCNC1. The van der Waals surface area contributed by atoms with E-state index in [1.54, 1.807) is 6.07 Å². The number of benzene rings is 1. The minimum absolute atomic E-state index is 0.0297. The number of H-pyrrole nitrogens is 1. The van der Waals surface area contributed by atoms with Crippen molar-refractivity contribution in [3.05, 3.63) is 28.2 Å². The fraction of sp³-hybridized carbons (Fsp3) is 0.500. The van der Waals surface area contributed by atoms with Gasteiger partial charge in [0.2, 0.25) is 0 Å². The van der Waals surface area contributed by atoms with Crippen molar-refractivity contribution in [2.75, 3.05) is 13.1 Å². The second-order valence-electron chi connectivity index (χ2n) is 5.61. The number of nitrogens with one attached hydrogen (secondary N) is 2. The average Bonchev–Trinajstić information content (AvgIpc) is 2.96. The maximum Gasteiger partial charge on any atom is 0.139 e. The summed E-state index contributed by atoms with van der Waals surface area (Å²) in [6.45, 7) is 6.37. The number of fused-ring (bicyclic) bond motifs is 1. The second-order valence-corrected chi connectivity index (χ2v) is 6.46. The molecule has 1 aliphatic rings. The Labute approximate surface area is 120 Å². The summed E-state index contributed by atoms with van der Waals surface area (Å²) in [6, 6.07) is 3.24. The fourth-order valence-corrected chi connectivity index (χ4v) is 3.25. The molecule has 0 saturated carbocycles. The highest BCUT2D eigenvalue weighted by atomic mass is 79.9. The van der Waals surface area contributed by atoms with Crippen LogP contribution in [0, 0.1) is 11.7 Å². The summed E-state index contributed by atoms with van der Waals surface area (Å²) >= 11 is 3.21. The Balaban J connectivity index is 2.14. The molecule has 2 N–H and O–H groups in total. The highest BCUT2D eigenvalue weighted by Crippen LogP contribution is 2.37. The second kappa shape index (κ2) is 4.56. The van der Waals surface area contributed by atoms with Crippen molar-refractivity contribution in [3.8, 4) is 0 Å². The summed E-state index contributed by atoms with van der Waals surface area (Å²) in [6.07, 6.45) is 1.06. The normalized spacial score (nSPS) is 23.6. The predicted molar refractivity (Wildman–Crippen MR) is 77.8 cm³/mol. The lowest BCUT2D eigenvalue weighted by molar-refractivity contribution is 0.321. The Bertz CT molecular complexity index is 575. The van der Waals surface area contributed by atoms with Gasteiger partial charge in [0.1, 0.15) is 11.6 Å². The molecule has 3 rings (SSSR count). The summed E-state index contributed by atoms with van der Waals surface area (Å²) in [5.41, 5.74) is 1.61. The average molecular weight is 326 g/mol. The third-order valence-corrected chi connectivity index (χ3v) is 4.90. The van der Waals surface area contributed by atoms with Crippen LogP contribution in [0.4, 0.5) is 4.39 Å². The van der Waals surface area contributed by atoms with E-state index >= 15 is 0 Å². The number of nitrogens with zero attached hydrogens (tertiary/aromatic N) is 1. The first-order valence-corrected chi connectivity index (χ1v) is 7.38. The molecule has 1 aromatic carbocycles. The summed E-state index contributed by atoms with van der Waals surface area (Å²) in [4.78, 5) is 8.01. The van der Waals surface area contributed by atoms with Crippen LogP contribution >= 0.6 is 15.9 Å². The molecule has 1 aliphatic heterocycles. The molecule has 1 aromatic heterocycles. The molecule has 1 unspecified atom stereocenters. The molecule has 5 heteroatoms. The summed E-state index contributed by atoms with van der Waals surface area (Å²) in [7, 11) is 0. The van der Waals surface area contributed by atoms with Crippen LogP contribution in [0.5, 0.6) is 0 Å².